The lowest BCUT2D eigenvalue weighted by Crippen LogP contribution is -2.38. The number of methoxy groups -OCH3 is 2. The first-order chi connectivity index (χ1) is 12.5. The molecular formula is C18H20BrN3O3S. The Hall–Kier alpha value is -1.77. The molecule has 4 rings (SSSR count). The maximum absolute atomic E-state index is 12.8. The molecule has 2 aliphatic rings. The third kappa shape index (κ3) is 2.86. The molecule has 0 radical (unpaired) electrons. The average Bonchev–Trinajstić information content (AvgIpc) is 2.98. The van der Waals surface area contributed by atoms with Gasteiger partial charge in [0.2, 0.25) is 0 Å². The number of hydrogen-bond donors (Lipinski definition) is 2. The molecule has 1 amide bonds. The van der Waals surface area contributed by atoms with E-state index in [1.165, 1.54) is 10.4 Å². The van der Waals surface area contributed by atoms with Crippen LogP contribution >= 0.6 is 27.3 Å². The summed E-state index contributed by atoms with van der Waals surface area (Å²) in [5, 5.41) is 7.51. The van der Waals surface area contributed by atoms with Gasteiger partial charge in [0.05, 0.1) is 24.3 Å². The predicted molar refractivity (Wildman–Crippen MR) is 105 cm³/mol. The number of nitrogens with zero attached hydrogens (tertiary/aromatic N) is 1. The fraction of sp³-hybridized carbons (Fsp3) is 0.389. The Morgan fingerprint density at radius 3 is 2.81 bits per heavy atom. The standard InChI is InChI=1S/C18H20BrN3O3S/c1-22-5-4-10-13(8-22)26-18-14(10)17(23)20-16(21-18)9-6-11(19)15(25-3)12(7-9)24-2/h6-7,16,21H,4-5,8H2,1-3H3,(H,20,23). The van der Waals surface area contributed by atoms with Gasteiger partial charge in [-0.05, 0) is 52.7 Å². The summed E-state index contributed by atoms with van der Waals surface area (Å²) in [6.45, 7) is 1.88. The van der Waals surface area contributed by atoms with Gasteiger partial charge in [0.25, 0.3) is 5.91 Å². The van der Waals surface area contributed by atoms with Crippen LogP contribution in [0.2, 0.25) is 0 Å². The molecule has 1 atom stereocenters. The van der Waals surface area contributed by atoms with Gasteiger partial charge in [-0.25, -0.2) is 0 Å². The van der Waals surface area contributed by atoms with Gasteiger partial charge in [0, 0.05) is 18.0 Å². The Morgan fingerprint density at radius 1 is 1.27 bits per heavy atom. The molecule has 26 heavy (non-hydrogen) atoms. The van der Waals surface area contributed by atoms with E-state index in [1.807, 2.05) is 12.1 Å². The first kappa shape index (κ1) is 17.6. The number of ether oxygens (including phenoxy) is 2. The Morgan fingerprint density at radius 2 is 2.08 bits per heavy atom. The maximum atomic E-state index is 12.8. The highest BCUT2D eigenvalue weighted by Gasteiger charge is 2.33. The van der Waals surface area contributed by atoms with Crippen molar-refractivity contribution in [3.8, 4) is 11.5 Å². The van der Waals surface area contributed by atoms with Crippen molar-refractivity contribution in [2.24, 2.45) is 0 Å². The number of carbonyl (C=O) groups excluding carboxylic acids is 1. The third-order valence-electron chi connectivity index (χ3n) is 4.81. The number of halogens is 1. The molecule has 0 spiro atoms. The molecule has 2 aromatic rings. The molecule has 2 N–H and O–H groups in total. The highest BCUT2D eigenvalue weighted by Crippen LogP contribution is 2.42. The largest absolute Gasteiger partial charge is 0.493 e. The van der Waals surface area contributed by atoms with E-state index >= 15 is 0 Å². The Balaban J connectivity index is 1.70. The zero-order valence-electron chi connectivity index (χ0n) is 14.8. The molecule has 0 aliphatic carbocycles. The van der Waals surface area contributed by atoms with Crippen LogP contribution in [0.4, 0.5) is 5.00 Å². The summed E-state index contributed by atoms with van der Waals surface area (Å²) in [7, 11) is 5.31. The summed E-state index contributed by atoms with van der Waals surface area (Å²) in [6, 6.07) is 3.82. The van der Waals surface area contributed by atoms with E-state index in [9.17, 15) is 4.79 Å². The summed E-state index contributed by atoms with van der Waals surface area (Å²) in [4.78, 5) is 16.4. The predicted octanol–water partition coefficient (Wildman–Crippen LogP) is 3.37. The lowest BCUT2D eigenvalue weighted by Gasteiger charge is -2.28. The van der Waals surface area contributed by atoms with Crippen LogP contribution in [0.5, 0.6) is 11.5 Å². The molecular weight excluding hydrogens is 418 g/mol. The van der Waals surface area contributed by atoms with Crippen molar-refractivity contribution in [1.82, 2.24) is 10.2 Å². The minimum absolute atomic E-state index is 0.0169. The second kappa shape index (κ2) is 6.75. The van der Waals surface area contributed by atoms with Gasteiger partial charge in [-0.1, -0.05) is 0 Å². The molecule has 138 valence electrons. The molecule has 0 saturated heterocycles. The normalized spacial score (nSPS) is 19.2. The van der Waals surface area contributed by atoms with Crippen LogP contribution in [-0.2, 0) is 13.0 Å². The average molecular weight is 438 g/mol. The van der Waals surface area contributed by atoms with Crippen molar-refractivity contribution in [2.75, 3.05) is 33.1 Å². The second-order valence-electron chi connectivity index (χ2n) is 6.48. The van der Waals surface area contributed by atoms with Gasteiger partial charge in [0.1, 0.15) is 11.2 Å². The quantitative estimate of drug-likeness (QED) is 0.770. The topological polar surface area (TPSA) is 62.8 Å². The third-order valence-corrected chi connectivity index (χ3v) is 6.55. The van der Waals surface area contributed by atoms with E-state index in [0.29, 0.717) is 11.5 Å². The summed E-state index contributed by atoms with van der Waals surface area (Å²) < 4.78 is 11.6. The number of anilines is 1. The van der Waals surface area contributed by atoms with E-state index in [4.69, 9.17) is 9.47 Å². The van der Waals surface area contributed by atoms with Crippen LogP contribution in [0, 0.1) is 0 Å². The zero-order chi connectivity index (χ0) is 18.4. The molecule has 6 nitrogen and oxygen atoms in total. The molecule has 0 fully saturated rings. The molecule has 1 unspecified atom stereocenters. The van der Waals surface area contributed by atoms with Crippen LogP contribution in [0.15, 0.2) is 16.6 Å². The monoisotopic (exact) mass is 437 g/mol. The van der Waals surface area contributed by atoms with Gasteiger partial charge in [0.15, 0.2) is 11.5 Å². The van der Waals surface area contributed by atoms with Gasteiger partial charge in [-0.3, -0.25) is 4.79 Å². The second-order valence-corrected chi connectivity index (χ2v) is 8.44. The number of nitrogens with one attached hydrogen (secondary N) is 2. The SMILES string of the molecule is COc1cc(C2NC(=O)c3c(sc4c3CCN(C)C4)N2)cc(Br)c1OC. The molecule has 2 aliphatic heterocycles. The number of benzene rings is 1. The molecule has 3 heterocycles. The smallest absolute Gasteiger partial charge is 0.256 e. The van der Waals surface area contributed by atoms with Crippen molar-refractivity contribution < 1.29 is 14.3 Å². The lowest BCUT2D eigenvalue weighted by atomic mass is 10.0. The fourth-order valence-corrected chi connectivity index (χ4v) is 5.49. The summed E-state index contributed by atoms with van der Waals surface area (Å²) in [6.07, 6.45) is 0.600. The minimum atomic E-state index is -0.316. The first-order valence-electron chi connectivity index (χ1n) is 8.33. The van der Waals surface area contributed by atoms with Crippen LogP contribution in [-0.4, -0.2) is 38.6 Å². The first-order valence-corrected chi connectivity index (χ1v) is 9.94. The molecule has 1 aromatic heterocycles. The Labute approximate surface area is 164 Å². The van der Waals surface area contributed by atoms with Crippen molar-refractivity contribution in [3.05, 3.63) is 38.2 Å². The zero-order valence-corrected chi connectivity index (χ0v) is 17.2. The van der Waals surface area contributed by atoms with Crippen LogP contribution in [0.3, 0.4) is 0 Å². The van der Waals surface area contributed by atoms with E-state index in [2.05, 4.69) is 38.5 Å². The summed E-state index contributed by atoms with van der Waals surface area (Å²) in [5.41, 5.74) is 2.91. The van der Waals surface area contributed by atoms with Gasteiger partial charge in [-0.2, -0.15) is 0 Å². The lowest BCUT2D eigenvalue weighted by molar-refractivity contribution is 0.0934. The maximum Gasteiger partial charge on any atom is 0.256 e. The highest BCUT2D eigenvalue weighted by molar-refractivity contribution is 9.10. The van der Waals surface area contributed by atoms with Gasteiger partial charge < -0.3 is 25.0 Å². The number of fused-ring (bicyclic) bond motifs is 3. The van der Waals surface area contributed by atoms with E-state index in [0.717, 1.165) is 40.1 Å². The van der Waals surface area contributed by atoms with Crippen LogP contribution < -0.4 is 20.1 Å². The number of rotatable bonds is 3. The van der Waals surface area contributed by atoms with Gasteiger partial charge >= 0.3 is 0 Å². The minimum Gasteiger partial charge on any atom is -0.493 e. The molecule has 1 aromatic carbocycles. The summed E-state index contributed by atoms with van der Waals surface area (Å²) in [5.74, 6) is 1.23. The number of carbonyl (C=O) groups is 1. The number of hydrogen-bond acceptors (Lipinski definition) is 6. The van der Waals surface area contributed by atoms with Crippen molar-refractivity contribution in [3.63, 3.8) is 0 Å². The fourth-order valence-electron chi connectivity index (χ4n) is 3.51. The molecule has 0 saturated carbocycles. The Bertz CT molecular complexity index is 883. The van der Waals surface area contributed by atoms with Crippen LogP contribution in [0.25, 0.3) is 0 Å². The molecule has 0 bridgehead atoms. The highest BCUT2D eigenvalue weighted by atomic mass is 79.9. The number of thiophene rings is 1. The summed E-state index contributed by atoms with van der Waals surface area (Å²) >= 11 is 5.20. The van der Waals surface area contributed by atoms with E-state index < -0.39 is 0 Å². The van der Waals surface area contributed by atoms with E-state index in [-0.39, 0.29) is 12.1 Å². The van der Waals surface area contributed by atoms with Gasteiger partial charge in [-0.15, -0.1) is 11.3 Å². The van der Waals surface area contributed by atoms with Crippen molar-refractivity contribution in [1.29, 1.82) is 0 Å². The van der Waals surface area contributed by atoms with E-state index in [1.54, 1.807) is 25.6 Å². The molecule has 8 heteroatoms. The van der Waals surface area contributed by atoms with Crippen molar-refractivity contribution >= 4 is 38.2 Å². The van der Waals surface area contributed by atoms with Crippen molar-refractivity contribution in [2.45, 2.75) is 19.1 Å². The van der Waals surface area contributed by atoms with Crippen LogP contribution in [0.1, 0.15) is 32.5 Å². The Kier molecular flexibility index (Phi) is 4.58. The number of likely N-dealkylation sites (N-methyl/N-ethyl adjacent to an activating group) is 1. The number of amides is 1.